The zero-order valence-corrected chi connectivity index (χ0v) is 8.23. The minimum absolute atomic E-state index is 0.591. The smallest absolute Gasteiger partial charge is 0.328 e. The van der Waals surface area contributed by atoms with Crippen molar-refractivity contribution in [1.82, 2.24) is 4.90 Å². The first-order valence-corrected chi connectivity index (χ1v) is 4.76. The van der Waals surface area contributed by atoms with Crippen LogP contribution in [-0.4, -0.2) is 34.6 Å². The molecular formula is C10H17NO2. The fourth-order valence-corrected chi connectivity index (χ4v) is 1.88. The minimum atomic E-state index is -0.862. The van der Waals surface area contributed by atoms with Gasteiger partial charge in [-0.05, 0) is 26.7 Å². The molecule has 0 aromatic heterocycles. The first-order chi connectivity index (χ1) is 6.11. The van der Waals surface area contributed by atoms with Crippen molar-refractivity contribution in [3.05, 3.63) is 12.2 Å². The fourth-order valence-electron chi connectivity index (χ4n) is 1.88. The summed E-state index contributed by atoms with van der Waals surface area (Å²) in [5, 5.41) is 8.41. The van der Waals surface area contributed by atoms with E-state index in [4.69, 9.17) is 5.11 Å². The Morgan fingerprint density at radius 2 is 2.00 bits per heavy atom. The van der Waals surface area contributed by atoms with E-state index in [0.717, 1.165) is 6.54 Å². The number of likely N-dealkylation sites (tertiary alicyclic amines) is 1. The lowest BCUT2D eigenvalue weighted by Gasteiger charge is -2.23. The summed E-state index contributed by atoms with van der Waals surface area (Å²) in [7, 11) is 0. The summed E-state index contributed by atoms with van der Waals surface area (Å²) in [6.07, 6.45) is 5.39. The summed E-state index contributed by atoms with van der Waals surface area (Å²) >= 11 is 0. The molecule has 0 spiro atoms. The molecule has 0 radical (unpaired) electrons. The van der Waals surface area contributed by atoms with Crippen LogP contribution in [0.4, 0.5) is 0 Å². The number of nitrogens with zero attached hydrogens (tertiary/aromatic N) is 1. The summed E-state index contributed by atoms with van der Waals surface area (Å²) in [6, 6.07) is 1.18. The maximum absolute atomic E-state index is 10.2. The number of hydrogen-bond acceptors (Lipinski definition) is 2. The van der Waals surface area contributed by atoms with Gasteiger partial charge in [-0.3, -0.25) is 4.90 Å². The topological polar surface area (TPSA) is 40.5 Å². The average molecular weight is 183 g/mol. The monoisotopic (exact) mass is 183 g/mol. The average Bonchev–Trinajstić information content (AvgIpc) is 2.34. The van der Waals surface area contributed by atoms with Crippen molar-refractivity contribution in [2.24, 2.45) is 0 Å². The van der Waals surface area contributed by atoms with E-state index in [1.807, 2.05) is 0 Å². The van der Waals surface area contributed by atoms with Gasteiger partial charge in [0.25, 0.3) is 0 Å². The van der Waals surface area contributed by atoms with E-state index in [1.54, 1.807) is 6.08 Å². The molecule has 1 fully saturated rings. The van der Waals surface area contributed by atoms with Gasteiger partial charge < -0.3 is 5.11 Å². The number of aliphatic carboxylic acids is 1. The van der Waals surface area contributed by atoms with Crippen molar-refractivity contribution in [3.63, 3.8) is 0 Å². The molecule has 0 aliphatic carbocycles. The van der Waals surface area contributed by atoms with E-state index in [-0.39, 0.29) is 0 Å². The Labute approximate surface area is 79.0 Å². The minimum Gasteiger partial charge on any atom is -0.478 e. The van der Waals surface area contributed by atoms with E-state index in [9.17, 15) is 4.79 Å². The van der Waals surface area contributed by atoms with Crippen molar-refractivity contribution in [2.45, 2.75) is 38.8 Å². The Hall–Kier alpha value is -0.830. The Morgan fingerprint density at radius 3 is 2.46 bits per heavy atom. The summed E-state index contributed by atoms with van der Waals surface area (Å²) < 4.78 is 0. The van der Waals surface area contributed by atoms with E-state index in [2.05, 4.69) is 18.7 Å². The van der Waals surface area contributed by atoms with Crippen molar-refractivity contribution in [3.8, 4) is 0 Å². The molecule has 2 atom stereocenters. The highest BCUT2D eigenvalue weighted by Crippen LogP contribution is 2.22. The molecule has 1 heterocycles. The molecule has 1 saturated heterocycles. The van der Waals surface area contributed by atoms with E-state index in [1.165, 1.54) is 18.9 Å². The standard InChI is InChI=1S/C10H17NO2/c1-8-5-6-9(2)11(8)7-3-4-10(12)13/h3-4,8-9H,5-7H2,1-2H3,(H,12,13)/b4-3+. The van der Waals surface area contributed by atoms with Crippen LogP contribution in [0.15, 0.2) is 12.2 Å². The molecule has 13 heavy (non-hydrogen) atoms. The largest absolute Gasteiger partial charge is 0.478 e. The first-order valence-electron chi connectivity index (χ1n) is 4.76. The number of carbonyl (C=O) groups is 1. The third-order valence-corrected chi connectivity index (χ3v) is 2.71. The van der Waals surface area contributed by atoms with Crippen LogP contribution in [0.2, 0.25) is 0 Å². The molecule has 1 rings (SSSR count). The van der Waals surface area contributed by atoms with Crippen LogP contribution >= 0.6 is 0 Å². The van der Waals surface area contributed by atoms with Gasteiger partial charge in [0, 0.05) is 24.7 Å². The van der Waals surface area contributed by atoms with Gasteiger partial charge in [-0.2, -0.15) is 0 Å². The van der Waals surface area contributed by atoms with Crippen molar-refractivity contribution >= 4 is 5.97 Å². The van der Waals surface area contributed by atoms with Crippen LogP contribution in [0.5, 0.6) is 0 Å². The zero-order valence-electron chi connectivity index (χ0n) is 8.23. The molecule has 0 bridgehead atoms. The predicted octanol–water partition coefficient (Wildman–Crippen LogP) is 1.50. The SMILES string of the molecule is CC1CCC(C)N1C/C=C/C(=O)O. The van der Waals surface area contributed by atoms with Crippen LogP contribution in [0.3, 0.4) is 0 Å². The van der Waals surface area contributed by atoms with Gasteiger partial charge in [0.2, 0.25) is 0 Å². The van der Waals surface area contributed by atoms with Gasteiger partial charge in [0.15, 0.2) is 0 Å². The Bertz CT molecular complexity index is 203. The molecule has 3 heteroatoms. The van der Waals surface area contributed by atoms with E-state index in [0.29, 0.717) is 12.1 Å². The molecule has 0 saturated carbocycles. The lowest BCUT2D eigenvalue weighted by molar-refractivity contribution is -0.131. The molecule has 1 N–H and O–H groups in total. The summed E-state index contributed by atoms with van der Waals surface area (Å²) in [5.41, 5.74) is 0. The highest BCUT2D eigenvalue weighted by molar-refractivity contribution is 5.79. The second-order valence-electron chi connectivity index (χ2n) is 3.71. The number of carboxylic acids is 1. The van der Waals surface area contributed by atoms with Gasteiger partial charge >= 0.3 is 5.97 Å². The van der Waals surface area contributed by atoms with Gasteiger partial charge in [0.05, 0.1) is 0 Å². The maximum atomic E-state index is 10.2. The molecule has 0 amide bonds. The molecule has 2 unspecified atom stereocenters. The van der Waals surface area contributed by atoms with Crippen LogP contribution in [-0.2, 0) is 4.79 Å². The van der Waals surface area contributed by atoms with E-state index < -0.39 is 5.97 Å². The third-order valence-electron chi connectivity index (χ3n) is 2.71. The lowest BCUT2D eigenvalue weighted by atomic mass is 10.2. The molecular weight excluding hydrogens is 166 g/mol. The first kappa shape index (κ1) is 10.3. The van der Waals surface area contributed by atoms with Crippen LogP contribution in [0.1, 0.15) is 26.7 Å². The predicted molar refractivity (Wildman–Crippen MR) is 51.6 cm³/mol. The van der Waals surface area contributed by atoms with Gasteiger partial charge in [-0.1, -0.05) is 6.08 Å². The lowest BCUT2D eigenvalue weighted by Crippen LogP contribution is -2.32. The van der Waals surface area contributed by atoms with Crippen molar-refractivity contribution in [1.29, 1.82) is 0 Å². The van der Waals surface area contributed by atoms with Crippen LogP contribution < -0.4 is 0 Å². The molecule has 1 aliphatic rings. The van der Waals surface area contributed by atoms with Crippen molar-refractivity contribution < 1.29 is 9.90 Å². The fraction of sp³-hybridized carbons (Fsp3) is 0.700. The van der Waals surface area contributed by atoms with Crippen molar-refractivity contribution in [2.75, 3.05) is 6.54 Å². The number of carboxylic acid groups (broad SMARTS) is 1. The normalized spacial score (nSPS) is 30.0. The highest BCUT2D eigenvalue weighted by Gasteiger charge is 2.25. The molecule has 1 aliphatic heterocycles. The zero-order chi connectivity index (χ0) is 9.84. The van der Waals surface area contributed by atoms with Gasteiger partial charge in [0.1, 0.15) is 0 Å². The molecule has 0 aromatic rings. The van der Waals surface area contributed by atoms with Gasteiger partial charge in [-0.25, -0.2) is 4.79 Å². The van der Waals surface area contributed by atoms with Gasteiger partial charge in [-0.15, -0.1) is 0 Å². The Morgan fingerprint density at radius 1 is 1.46 bits per heavy atom. The second-order valence-corrected chi connectivity index (χ2v) is 3.71. The maximum Gasteiger partial charge on any atom is 0.328 e. The summed E-state index contributed by atoms with van der Waals surface area (Å²) in [6.45, 7) is 5.14. The van der Waals surface area contributed by atoms with Crippen LogP contribution in [0, 0.1) is 0 Å². The quantitative estimate of drug-likeness (QED) is 0.674. The summed E-state index contributed by atoms with van der Waals surface area (Å²) in [4.78, 5) is 12.6. The second kappa shape index (κ2) is 4.42. The molecule has 0 aromatic carbocycles. The number of hydrogen-bond donors (Lipinski definition) is 1. The Balaban J connectivity index is 2.39. The molecule has 74 valence electrons. The Kier molecular flexibility index (Phi) is 3.48. The highest BCUT2D eigenvalue weighted by atomic mass is 16.4. The molecule has 3 nitrogen and oxygen atoms in total. The third kappa shape index (κ3) is 2.84. The summed E-state index contributed by atoms with van der Waals surface area (Å²) in [5.74, 6) is -0.862. The van der Waals surface area contributed by atoms with Crippen LogP contribution in [0.25, 0.3) is 0 Å². The van der Waals surface area contributed by atoms with E-state index >= 15 is 0 Å². The number of rotatable bonds is 3.